The van der Waals surface area contributed by atoms with Crippen LogP contribution in [0.4, 0.5) is 0 Å². The van der Waals surface area contributed by atoms with Crippen LogP contribution in [0, 0.1) is 11.8 Å². The highest BCUT2D eigenvalue weighted by atomic mass is 35.5. The van der Waals surface area contributed by atoms with Gasteiger partial charge in [0, 0.05) is 61.3 Å². The van der Waals surface area contributed by atoms with Crippen LogP contribution in [0.15, 0.2) is 48.8 Å². The molecule has 0 spiro atoms. The number of hydrogen-bond donors (Lipinski definition) is 4. The number of halogens is 2. The van der Waals surface area contributed by atoms with E-state index >= 15 is 0 Å². The minimum absolute atomic E-state index is 0.116. The van der Waals surface area contributed by atoms with Crippen molar-refractivity contribution >= 4 is 35.0 Å². The van der Waals surface area contributed by atoms with Crippen LogP contribution in [-0.2, 0) is 22.7 Å². The number of rotatable bonds is 15. The summed E-state index contributed by atoms with van der Waals surface area (Å²) in [5.74, 6) is 1.74. The Morgan fingerprint density at radius 3 is 1.50 bits per heavy atom. The van der Waals surface area contributed by atoms with Crippen molar-refractivity contribution in [3.05, 3.63) is 70.2 Å². The summed E-state index contributed by atoms with van der Waals surface area (Å²) < 4.78 is 11.2. The fraction of sp³-hybridized carbons (Fsp3) is 0.389. The lowest BCUT2D eigenvalue weighted by molar-refractivity contribution is -0.120. The molecule has 0 saturated carbocycles. The van der Waals surface area contributed by atoms with Crippen LogP contribution in [0.25, 0.3) is 33.6 Å². The van der Waals surface area contributed by atoms with Gasteiger partial charge in [0.05, 0.1) is 48.0 Å². The average molecular weight is 720 g/mol. The van der Waals surface area contributed by atoms with Crippen LogP contribution in [0.2, 0.25) is 10.0 Å². The van der Waals surface area contributed by atoms with E-state index in [0.717, 1.165) is 50.1 Å². The lowest BCUT2D eigenvalue weighted by Crippen LogP contribution is -2.20. The molecule has 50 heavy (non-hydrogen) atoms. The van der Waals surface area contributed by atoms with Gasteiger partial charge in [-0.05, 0) is 37.8 Å². The average Bonchev–Trinajstić information content (AvgIpc) is 3.75. The van der Waals surface area contributed by atoms with E-state index in [9.17, 15) is 9.59 Å². The molecule has 4 aromatic rings. The molecule has 2 saturated heterocycles. The Hall–Kier alpha value is -4.36. The molecule has 12 nitrogen and oxygen atoms in total. The van der Waals surface area contributed by atoms with Gasteiger partial charge in [0.15, 0.2) is 0 Å². The quantitative estimate of drug-likeness (QED) is 0.126. The van der Waals surface area contributed by atoms with E-state index in [4.69, 9.17) is 42.6 Å². The van der Waals surface area contributed by atoms with E-state index < -0.39 is 0 Å². The highest BCUT2D eigenvalue weighted by molar-refractivity contribution is 6.39. The Morgan fingerprint density at radius 1 is 0.700 bits per heavy atom. The van der Waals surface area contributed by atoms with Crippen molar-refractivity contribution < 1.29 is 19.1 Å². The summed E-state index contributed by atoms with van der Waals surface area (Å²) in [6.45, 7) is 3.92. The van der Waals surface area contributed by atoms with Crippen LogP contribution in [0.3, 0.4) is 0 Å². The predicted molar refractivity (Wildman–Crippen MR) is 192 cm³/mol. The van der Waals surface area contributed by atoms with Gasteiger partial charge in [-0.1, -0.05) is 59.6 Å². The van der Waals surface area contributed by atoms with E-state index in [1.165, 1.54) is 0 Å². The van der Waals surface area contributed by atoms with Crippen molar-refractivity contribution in [1.29, 1.82) is 0 Å². The summed E-state index contributed by atoms with van der Waals surface area (Å²) in [6, 6.07) is 11.4. The van der Waals surface area contributed by atoms with Gasteiger partial charge in [0.2, 0.25) is 23.6 Å². The molecule has 4 N–H and O–H groups in total. The highest BCUT2D eigenvalue weighted by Crippen LogP contribution is 2.42. The van der Waals surface area contributed by atoms with Gasteiger partial charge in [0.25, 0.3) is 0 Å². The van der Waals surface area contributed by atoms with Crippen molar-refractivity contribution in [2.45, 2.75) is 38.8 Å². The molecule has 2 aliphatic rings. The molecule has 2 aliphatic heterocycles. The Kier molecular flexibility index (Phi) is 11.7. The molecule has 2 atom stereocenters. The first-order valence-electron chi connectivity index (χ1n) is 16.7. The third-order valence-corrected chi connectivity index (χ3v) is 9.83. The number of carbonyl (C=O) groups excluding carboxylic acids is 2. The standard InChI is InChI=1S/C36H40Cl2N8O4/c1-49-35-29(17-39-11-9-21-13-31(47)43-15-21)41-19-27(45-35)25-7-3-5-23(33(25)37)24-6-4-8-26(34(24)38)28-20-42-30(36(46-28)50-2)18-40-12-10-22-14-32(48)44-16-22/h3-8,19-22,39-40H,9-18H2,1-2H3,(H,43,47)(H,44,48). The molecular weight excluding hydrogens is 679 g/mol. The van der Waals surface area contributed by atoms with E-state index in [1.807, 2.05) is 36.4 Å². The second-order valence-corrected chi connectivity index (χ2v) is 13.2. The molecule has 2 fully saturated rings. The maximum atomic E-state index is 11.5. The van der Waals surface area contributed by atoms with Crippen LogP contribution >= 0.6 is 23.2 Å². The molecule has 2 unspecified atom stereocenters. The highest BCUT2D eigenvalue weighted by Gasteiger charge is 2.23. The smallest absolute Gasteiger partial charge is 0.237 e. The van der Waals surface area contributed by atoms with Crippen LogP contribution in [-0.4, -0.2) is 72.1 Å². The number of benzene rings is 2. The van der Waals surface area contributed by atoms with Crippen molar-refractivity contribution in [3.63, 3.8) is 0 Å². The third-order valence-electron chi connectivity index (χ3n) is 9.02. The van der Waals surface area contributed by atoms with Crippen LogP contribution < -0.4 is 30.7 Å². The maximum absolute atomic E-state index is 11.5. The lowest BCUT2D eigenvalue weighted by Gasteiger charge is -2.15. The van der Waals surface area contributed by atoms with Gasteiger partial charge in [-0.15, -0.1) is 0 Å². The van der Waals surface area contributed by atoms with E-state index in [2.05, 4.69) is 31.2 Å². The molecule has 0 aliphatic carbocycles. The minimum atomic E-state index is 0.116. The Morgan fingerprint density at radius 2 is 1.12 bits per heavy atom. The SMILES string of the molecule is COc1nc(-c2cccc(-c3cccc(-c4cnc(CNCCC5CNC(=O)C5)c(OC)n4)c3Cl)c2Cl)cnc1CNCCC1CNC(=O)C1. The van der Waals surface area contributed by atoms with Gasteiger partial charge < -0.3 is 30.7 Å². The fourth-order valence-electron chi connectivity index (χ4n) is 6.26. The number of nitrogens with one attached hydrogen (secondary N) is 4. The Labute approximate surface area is 301 Å². The summed E-state index contributed by atoms with van der Waals surface area (Å²) >= 11 is 14.1. The van der Waals surface area contributed by atoms with Crippen molar-refractivity contribution in [2.75, 3.05) is 40.4 Å². The van der Waals surface area contributed by atoms with Gasteiger partial charge in [-0.25, -0.2) is 9.97 Å². The lowest BCUT2D eigenvalue weighted by atomic mass is 9.98. The zero-order chi connectivity index (χ0) is 35.0. The first-order valence-corrected chi connectivity index (χ1v) is 17.4. The molecule has 2 aromatic heterocycles. The largest absolute Gasteiger partial charge is 0.480 e. The Bertz CT molecular complexity index is 1730. The number of hydrogen-bond acceptors (Lipinski definition) is 10. The second-order valence-electron chi connectivity index (χ2n) is 12.4. The summed E-state index contributed by atoms with van der Waals surface area (Å²) in [5, 5.41) is 13.4. The van der Waals surface area contributed by atoms with Crippen molar-refractivity contribution in [1.82, 2.24) is 41.2 Å². The number of ether oxygens (including phenoxy) is 2. The predicted octanol–water partition coefficient (Wildman–Crippen LogP) is 4.82. The number of carbonyl (C=O) groups is 2. The number of aromatic nitrogens is 4. The van der Waals surface area contributed by atoms with Gasteiger partial charge >= 0.3 is 0 Å². The molecule has 6 rings (SSSR count). The molecule has 2 aromatic carbocycles. The van der Waals surface area contributed by atoms with Crippen molar-refractivity contribution in [3.8, 4) is 45.4 Å². The van der Waals surface area contributed by atoms with Crippen LogP contribution in [0.1, 0.15) is 37.1 Å². The topological polar surface area (TPSA) is 152 Å². The normalized spacial score (nSPS) is 17.1. The molecule has 0 bridgehead atoms. The molecule has 262 valence electrons. The number of amides is 2. The minimum Gasteiger partial charge on any atom is -0.480 e. The summed E-state index contributed by atoms with van der Waals surface area (Å²) in [7, 11) is 3.13. The first kappa shape index (κ1) is 35.5. The van der Waals surface area contributed by atoms with Crippen LogP contribution in [0.5, 0.6) is 11.8 Å². The maximum Gasteiger partial charge on any atom is 0.237 e. The molecule has 2 amide bonds. The Balaban J connectivity index is 1.16. The summed E-state index contributed by atoms with van der Waals surface area (Å²) in [4.78, 5) is 41.7. The monoisotopic (exact) mass is 718 g/mol. The zero-order valence-corrected chi connectivity index (χ0v) is 29.5. The second kappa shape index (κ2) is 16.6. The van der Waals surface area contributed by atoms with E-state index in [0.29, 0.717) is 93.5 Å². The molecule has 4 heterocycles. The van der Waals surface area contributed by atoms with Gasteiger partial charge in [-0.2, -0.15) is 0 Å². The molecular formula is C36H40Cl2N8O4. The zero-order valence-electron chi connectivity index (χ0n) is 28.0. The summed E-state index contributed by atoms with van der Waals surface area (Å²) in [6.07, 6.45) is 6.32. The van der Waals surface area contributed by atoms with Crippen molar-refractivity contribution in [2.24, 2.45) is 11.8 Å². The molecule has 0 radical (unpaired) electrons. The number of methoxy groups -OCH3 is 2. The summed E-state index contributed by atoms with van der Waals surface area (Å²) in [5.41, 5.74) is 5.30. The van der Waals surface area contributed by atoms with Gasteiger partial charge in [-0.3, -0.25) is 19.6 Å². The third kappa shape index (κ3) is 8.32. The van der Waals surface area contributed by atoms with Gasteiger partial charge in [0.1, 0.15) is 11.4 Å². The van der Waals surface area contributed by atoms with E-state index in [1.54, 1.807) is 26.6 Å². The molecule has 14 heteroatoms. The fourth-order valence-corrected chi connectivity index (χ4v) is 6.91. The number of nitrogens with zero attached hydrogens (tertiary/aromatic N) is 4. The van der Waals surface area contributed by atoms with E-state index in [-0.39, 0.29) is 11.8 Å². The first-order chi connectivity index (χ1) is 24.3.